The van der Waals surface area contributed by atoms with Gasteiger partial charge in [-0.1, -0.05) is 0 Å². The molecule has 3 fully saturated rings. The summed E-state index contributed by atoms with van der Waals surface area (Å²) in [4.78, 5) is 0. The van der Waals surface area contributed by atoms with Crippen LogP contribution in [0.5, 0.6) is 0 Å². The lowest BCUT2D eigenvalue weighted by Gasteiger charge is -2.42. The van der Waals surface area contributed by atoms with Crippen molar-refractivity contribution < 1.29 is 74.7 Å². The van der Waals surface area contributed by atoms with Crippen LogP contribution in [0, 0.1) is 0 Å². The molecular formula is C17H30O15. The number of aliphatic hydroxyl groups is 10. The maximum atomic E-state index is 10.2. The van der Waals surface area contributed by atoms with Crippen molar-refractivity contribution in [1.82, 2.24) is 0 Å². The van der Waals surface area contributed by atoms with Crippen molar-refractivity contribution >= 4 is 0 Å². The molecular weight excluding hydrogens is 444 g/mol. The second-order valence-corrected chi connectivity index (χ2v) is 7.97. The van der Waals surface area contributed by atoms with E-state index in [0.717, 1.165) is 0 Å². The van der Waals surface area contributed by atoms with Crippen LogP contribution in [0.15, 0.2) is 0 Å². The molecule has 0 amide bonds. The third kappa shape index (κ3) is 5.38. The van der Waals surface area contributed by atoms with Gasteiger partial charge in [0.05, 0.1) is 19.8 Å². The topological polar surface area (TPSA) is 248 Å². The van der Waals surface area contributed by atoms with Crippen molar-refractivity contribution in [3.05, 3.63) is 0 Å². The lowest BCUT2D eigenvalue weighted by atomic mass is 9.98. The Balaban J connectivity index is 1.56. The van der Waals surface area contributed by atoms with E-state index in [0.29, 0.717) is 0 Å². The zero-order valence-electron chi connectivity index (χ0n) is 16.7. The predicted molar refractivity (Wildman–Crippen MR) is 95.2 cm³/mol. The number of hydrogen-bond donors (Lipinski definition) is 10. The van der Waals surface area contributed by atoms with E-state index < -0.39 is 99.2 Å². The fourth-order valence-electron chi connectivity index (χ4n) is 3.57. The fraction of sp³-hybridized carbons (Fsp3) is 1.00. The minimum absolute atomic E-state index is 0.319. The van der Waals surface area contributed by atoms with Crippen molar-refractivity contribution in [3.63, 3.8) is 0 Å². The maximum Gasteiger partial charge on any atom is 0.186 e. The average molecular weight is 474 g/mol. The van der Waals surface area contributed by atoms with Gasteiger partial charge in [-0.25, -0.2) is 0 Å². The first-order chi connectivity index (χ1) is 15.0. The Kier molecular flexibility index (Phi) is 8.75. The van der Waals surface area contributed by atoms with Crippen LogP contribution in [0.4, 0.5) is 0 Å². The second kappa shape index (κ2) is 10.8. The van der Waals surface area contributed by atoms with E-state index in [1.807, 2.05) is 0 Å². The van der Waals surface area contributed by atoms with E-state index in [-0.39, 0.29) is 6.61 Å². The van der Waals surface area contributed by atoms with Crippen LogP contribution in [-0.4, -0.2) is 157 Å². The largest absolute Gasteiger partial charge is 0.388 e. The van der Waals surface area contributed by atoms with Crippen LogP contribution in [0.25, 0.3) is 0 Å². The number of aliphatic hydroxyl groups excluding tert-OH is 10. The van der Waals surface area contributed by atoms with Crippen molar-refractivity contribution in [2.45, 2.75) is 86.0 Å². The third-order valence-electron chi connectivity index (χ3n) is 5.66. The molecule has 32 heavy (non-hydrogen) atoms. The average Bonchev–Trinajstić information content (AvgIpc) is 2.77. The van der Waals surface area contributed by atoms with Gasteiger partial charge in [0.25, 0.3) is 0 Å². The summed E-state index contributed by atoms with van der Waals surface area (Å²) in [7, 11) is 0. The minimum Gasteiger partial charge on any atom is -0.388 e. The van der Waals surface area contributed by atoms with Gasteiger partial charge in [-0.3, -0.25) is 0 Å². The van der Waals surface area contributed by atoms with Gasteiger partial charge in [0.15, 0.2) is 18.9 Å². The Hall–Kier alpha value is -0.600. The quantitative estimate of drug-likeness (QED) is 0.172. The van der Waals surface area contributed by atoms with E-state index in [1.165, 1.54) is 0 Å². The predicted octanol–water partition coefficient (Wildman–Crippen LogP) is -6.93. The fourth-order valence-corrected chi connectivity index (χ4v) is 3.57. The highest BCUT2D eigenvalue weighted by Crippen LogP contribution is 2.26. The molecule has 3 aliphatic rings. The number of hydrogen-bond acceptors (Lipinski definition) is 15. The van der Waals surface area contributed by atoms with Gasteiger partial charge in [-0.2, -0.15) is 0 Å². The number of ether oxygens (including phenoxy) is 5. The molecule has 0 bridgehead atoms. The van der Waals surface area contributed by atoms with Crippen LogP contribution in [0.1, 0.15) is 0 Å². The van der Waals surface area contributed by atoms with E-state index in [4.69, 9.17) is 23.7 Å². The summed E-state index contributed by atoms with van der Waals surface area (Å²) in [5, 5.41) is 98.1. The lowest BCUT2D eigenvalue weighted by Crippen LogP contribution is -2.62. The SMILES string of the molecule is OC1O[C@H](CO[C@@H]2O[C@H](CO[C@@H]3OC[C@@H](O)[C@H](O)[C@H]3O)[C@@H](O)[C@H](O)[C@H]2O)[C@@H](O)[C@H](O)[C@H]1O. The number of rotatable bonds is 6. The summed E-state index contributed by atoms with van der Waals surface area (Å²) in [5.41, 5.74) is 0. The highest BCUT2D eigenvalue weighted by molar-refractivity contribution is 4.92. The molecule has 188 valence electrons. The summed E-state index contributed by atoms with van der Waals surface area (Å²) < 4.78 is 26.0. The van der Waals surface area contributed by atoms with Gasteiger partial charge >= 0.3 is 0 Å². The van der Waals surface area contributed by atoms with Gasteiger partial charge in [0.2, 0.25) is 0 Å². The summed E-state index contributed by atoms with van der Waals surface area (Å²) in [6, 6.07) is 0. The molecule has 15 nitrogen and oxygen atoms in total. The Morgan fingerprint density at radius 1 is 0.531 bits per heavy atom. The molecule has 0 saturated carbocycles. The van der Waals surface area contributed by atoms with E-state index in [9.17, 15) is 51.1 Å². The van der Waals surface area contributed by atoms with Crippen molar-refractivity contribution in [1.29, 1.82) is 0 Å². The van der Waals surface area contributed by atoms with E-state index in [1.54, 1.807) is 0 Å². The van der Waals surface area contributed by atoms with Gasteiger partial charge in [-0.05, 0) is 0 Å². The Morgan fingerprint density at radius 3 is 1.66 bits per heavy atom. The molecule has 3 rings (SSSR count). The van der Waals surface area contributed by atoms with E-state index in [2.05, 4.69) is 0 Å². The van der Waals surface area contributed by atoms with Gasteiger partial charge in [0.1, 0.15) is 67.1 Å². The first kappa shape index (κ1) is 26.0. The molecule has 3 saturated heterocycles. The van der Waals surface area contributed by atoms with Crippen LogP contribution >= 0.6 is 0 Å². The zero-order valence-corrected chi connectivity index (χ0v) is 16.7. The van der Waals surface area contributed by atoms with Crippen molar-refractivity contribution in [2.24, 2.45) is 0 Å². The van der Waals surface area contributed by atoms with Gasteiger partial charge in [0, 0.05) is 0 Å². The summed E-state index contributed by atoms with van der Waals surface area (Å²) in [6.07, 6.45) is -22.0. The molecule has 1 unspecified atom stereocenters. The summed E-state index contributed by atoms with van der Waals surface area (Å²) >= 11 is 0. The lowest BCUT2D eigenvalue weighted by molar-refractivity contribution is -0.335. The maximum absolute atomic E-state index is 10.2. The smallest absolute Gasteiger partial charge is 0.186 e. The van der Waals surface area contributed by atoms with Crippen LogP contribution in [0.3, 0.4) is 0 Å². The highest BCUT2D eigenvalue weighted by Gasteiger charge is 2.47. The van der Waals surface area contributed by atoms with E-state index >= 15 is 0 Å². The molecule has 0 aromatic rings. The second-order valence-electron chi connectivity index (χ2n) is 7.97. The Bertz CT molecular complexity index is 596. The third-order valence-corrected chi connectivity index (χ3v) is 5.66. The van der Waals surface area contributed by atoms with Crippen LogP contribution in [-0.2, 0) is 23.7 Å². The molecule has 15 heteroatoms. The van der Waals surface area contributed by atoms with Gasteiger partial charge in [-0.15, -0.1) is 0 Å². The normalized spacial score (nSPS) is 52.7. The Labute approximate surface area is 181 Å². The van der Waals surface area contributed by atoms with Crippen LogP contribution < -0.4 is 0 Å². The molecule has 0 aromatic heterocycles. The van der Waals surface area contributed by atoms with Gasteiger partial charge < -0.3 is 74.7 Å². The molecule has 0 aromatic carbocycles. The first-order valence-electron chi connectivity index (χ1n) is 9.99. The molecule has 3 aliphatic heterocycles. The van der Waals surface area contributed by atoms with Crippen molar-refractivity contribution in [3.8, 4) is 0 Å². The minimum atomic E-state index is -1.80. The monoisotopic (exact) mass is 474 g/mol. The highest BCUT2D eigenvalue weighted by atomic mass is 16.7. The summed E-state index contributed by atoms with van der Waals surface area (Å²) in [5.74, 6) is 0. The van der Waals surface area contributed by atoms with Crippen molar-refractivity contribution in [2.75, 3.05) is 19.8 Å². The molecule has 3 heterocycles. The summed E-state index contributed by atoms with van der Waals surface area (Å²) in [6.45, 7) is -1.35. The molecule has 0 aliphatic carbocycles. The molecule has 10 N–H and O–H groups in total. The van der Waals surface area contributed by atoms with Crippen LogP contribution in [0.2, 0.25) is 0 Å². The first-order valence-corrected chi connectivity index (χ1v) is 9.99. The molecule has 0 spiro atoms. The standard InChI is InChI=1S/C17H30O15/c18-4-1-28-16(13(25)7(4)19)29-3-6-9(21)11(23)14(26)17(32-6)30-2-5-8(20)10(22)12(24)15(27)31-5/h4-27H,1-3H2/t4-,5-,6-,7+,8-,9-,10+,11+,12-,13-,14-,15?,16+,17-/m1/s1. The molecule has 14 atom stereocenters. The zero-order chi connectivity index (χ0) is 23.7. The Morgan fingerprint density at radius 2 is 1.03 bits per heavy atom. The molecule has 0 radical (unpaired) electrons.